The summed E-state index contributed by atoms with van der Waals surface area (Å²) < 4.78 is 26.4. The van der Waals surface area contributed by atoms with E-state index < -0.39 is 33.1 Å². The smallest absolute Gasteiger partial charge is 0.404 e. The van der Waals surface area contributed by atoms with E-state index in [1.165, 1.54) is 13.8 Å². The van der Waals surface area contributed by atoms with Crippen molar-refractivity contribution in [1.82, 2.24) is 10.0 Å². The Morgan fingerprint density at radius 3 is 2.19 bits per heavy atom. The third-order valence-electron chi connectivity index (χ3n) is 2.80. The zero-order valence-corrected chi connectivity index (χ0v) is 12.1. The van der Waals surface area contributed by atoms with E-state index in [-0.39, 0.29) is 10.6 Å². The molecule has 0 aliphatic heterocycles. The molecule has 0 spiro atoms. The van der Waals surface area contributed by atoms with Gasteiger partial charge in [-0.2, -0.15) is 0 Å². The summed E-state index contributed by atoms with van der Waals surface area (Å²) in [6.45, 7) is 3.01. The van der Waals surface area contributed by atoms with Crippen LogP contribution in [-0.2, 0) is 10.0 Å². The Kier molecular flexibility index (Phi) is 5.22. The summed E-state index contributed by atoms with van der Waals surface area (Å²) in [6, 6.07) is 3.05. The molecule has 0 bridgehead atoms. The maximum Gasteiger partial charge on any atom is 0.404 e. The molecule has 1 amide bonds. The van der Waals surface area contributed by atoms with Gasteiger partial charge in [-0.25, -0.2) is 17.9 Å². The molecule has 0 heterocycles. The Bertz CT molecular complexity index is 628. The topological polar surface area (TPSA) is 139 Å². The molecule has 0 saturated carbocycles. The highest BCUT2D eigenvalue weighted by Crippen LogP contribution is 2.16. The van der Waals surface area contributed by atoms with Gasteiger partial charge in [0.15, 0.2) is 0 Å². The van der Waals surface area contributed by atoms with Crippen molar-refractivity contribution in [1.29, 1.82) is 0 Å². The van der Waals surface area contributed by atoms with Crippen LogP contribution in [0.2, 0.25) is 0 Å². The van der Waals surface area contributed by atoms with Gasteiger partial charge in [0.1, 0.15) is 0 Å². The van der Waals surface area contributed by atoms with E-state index in [0.717, 1.165) is 24.3 Å². The number of nitrogens with zero attached hydrogens (tertiary/aromatic N) is 1. The molecule has 2 atom stereocenters. The standard InChI is InChI=1S/C11H15N3O6S/c1-7(12-11(15)16)8(2)13-21(19,20)10-5-3-9(4-6-10)14(17)18/h3-8,12-13H,1-2H3,(H,15,16)/t7-,8-/m0/s1. The maximum atomic E-state index is 12.1. The summed E-state index contributed by atoms with van der Waals surface area (Å²) in [4.78, 5) is 20.2. The van der Waals surface area contributed by atoms with Gasteiger partial charge in [0.25, 0.3) is 5.69 Å². The lowest BCUT2D eigenvalue weighted by molar-refractivity contribution is -0.384. The number of hydrogen-bond donors (Lipinski definition) is 3. The summed E-state index contributed by atoms with van der Waals surface area (Å²) in [7, 11) is -3.89. The predicted molar refractivity (Wildman–Crippen MR) is 73.5 cm³/mol. The lowest BCUT2D eigenvalue weighted by atomic mass is 10.2. The molecule has 0 aromatic heterocycles. The second-order valence-electron chi connectivity index (χ2n) is 4.40. The van der Waals surface area contributed by atoms with Gasteiger partial charge in [-0.1, -0.05) is 0 Å². The first-order chi connectivity index (χ1) is 9.63. The number of carboxylic acid groups (broad SMARTS) is 1. The van der Waals surface area contributed by atoms with Crippen molar-refractivity contribution >= 4 is 21.8 Å². The van der Waals surface area contributed by atoms with Gasteiger partial charge in [-0.05, 0) is 26.0 Å². The molecule has 0 saturated heterocycles. The van der Waals surface area contributed by atoms with Crippen LogP contribution in [0.4, 0.5) is 10.5 Å². The van der Waals surface area contributed by atoms with Crippen LogP contribution in [-0.4, -0.2) is 36.6 Å². The Hall–Kier alpha value is -2.20. The van der Waals surface area contributed by atoms with Crippen LogP contribution in [0, 0.1) is 10.1 Å². The summed E-state index contributed by atoms with van der Waals surface area (Å²) in [5.74, 6) is 0. The minimum absolute atomic E-state index is 0.137. The number of hydrogen-bond acceptors (Lipinski definition) is 5. The van der Waals surface area contributed by atoms with Crippen molar-refractivity contribution in [2.24, 2.45) is 0 Å². The number of carbonyl (C=O) groups is 1. The summed E-state index contributed by atoms with van der Waals surface area (Å²) in [6.07, 6.45) is -1.26. The molecule has 3 N–H and O–H groups in total. The van der Waals surface area contributed by atoms with Crippen molar-refractivity contribution < 1.29 is 23.2 Å². The molecular weight excluding hydrogens is 302 g/mol. The fraction of sp³-hybridized carbons (Fsp3) is 0.364. The van der Waals surface area contributed by atoms with E-state index in [1.807, 2.05) is 0 Å². The average molecular weight is 317 g/mol. The number of nitro groups is 1. The van der Waals surface area contributed by atoms with E-state index in [2.05, 4.69) is 10.0 Å². The highest BCUT2D eigenvalue weighted by atomic mass is 32.2. The second kappa shape index (κ2) is 6.50. The fourth-order valence-electron chi connectivity index (χ4n) is 1.48. The molecule has 9 nitrogen and oxygen atoms in total. The lowest BCUT2D eigenvalue weighted by Gasteiger charge is -2.21. The number of amides is 1. The van der Waals surface area contributed by atoms with Crippen molar-refractivity contribution in [3.63, 3.8) is 0 Å². The molecule has 0 radical (unpaired) electrons. The second-order valence-corrected chi connectivity index (χ2v) is 6.11. The largest absolute Gasteiger partial charge is 0.465 e. The number of benzene rings is 1. The van der Waals surface area contributed by atoms with Crippen LogP contribution >= 0.6 is 0 Å². The van der Waals surface area contributed by atoms with E-state index in [9.17, 15) is 23.3 Å². The molecule has 21 heavy (non-hydrogen) atoms. The van der Waals surface area contributed by atoms with Crippen molar-refractivity contribution in [2.75, 3.05) is 0 Å². The molecule has 1 aromatic carbocycles. The minimum atomic E-state index is -3.89. The zero-order chi connectivity index (χ0) is 16.2. The Morgan fingerprint density at radius 2 is 1.76 bits per heavy atom. The van der Waals surface area contributed by atoms with Crippen molar-refractivity contribution in [2.45, 2.75) is 30.8 Å². The summed E-state index contributed by atoms with van der Waals surface area (Å²) in [5, 5.41) is 21.2. The van der Waals surface area contributed by atoms with Crippen LogP contribution in [0.5, 0.6) is 0 Å². The van der Waals surface area contributed by atoms with E-state index in [1.54, 1.807) is 0 Å². The average Bonchev–Trinajstić information content (AvgIpc) is 2.37. The fourth-order valence-corrected chi connectivity index (χ4v) is 2.81. The minimum Gasteiger partial charge on any atom is -0.465 e. The quantitative estimate of drug-likeness (QED) is 0.526. The van der Waals surface area contributed by atoms with E-state index in [4.69, 9.17) is 5.11 Å². The van der Waals surface area contributed by atoms with Crippen LogP contribution in [0.15, 0.2) is 29.2 Å². The van der Waals surface area contributed by atoms with Gasteiger partial charge in [-0.3, -0.25) is 10.1 Å². The van der Waals surface area contributed by atoms with Crippen LogP contribution < -0.4 is 10.0 Å². The maximum absolute atomic E-state index is 12.1. The third-order valence-corrected chi connectivity index (χ3v) is 4.37. The SMILES string of the molecule is C[C@H](NC(=O)O)[C@H](C)NS(=O)(=O)c1ccc([N+](=O)[O-])cc1. The molecule has 0 aliphatic rings. The first kappa shape index (κ1) is 16.9. The highest BCUT2D eigenvalue weighted by Gasteiger charge is 2.22. The molecule has 10 heteroatoms. The van der Waals surface area contributed by atoms with E-state index in [0.29, 0.717) is 0 Å². The Morgan fingerprint density at radius 1 is 1.24 bits per heavy atom. The summed E-state index contributed by atoms with van der Waals surface area (Å²) >= 11 is 0. The number of sulfonamides is 1. The lowest BCUT2D eigenvalue weighted by Crippen LogP contribution is -2.48. The first-order valence-electron chi connectivity index (χ1n) is 5.89. The van der Waals surface area contributed by atoms with Gasteiger partial charge in [0.2, 0.25) is 10.0 Å². The highest BCUT2D eigenvalue weighted by molar-refractivity contribution is 7.89. The summed E-state index contributed by atoms with van der Waals surface area (Å²) in [5.41, 5.74) is -0.220. The van der Waals surface area contributed by atoms with Gasteiger partial charge in [0, 0.05) is 24.2 Å². The van der Waals surface area contributed by atoms with Crippen molar-refractivity contribution in [3.8, 4) is 0 Å². The monoisotopic (exact) mass is 317 g/mol. The number of rotatable bonds is 6. The molecule has 116 valence electrons. The van der Waals surface area contributed by atoms with Gasteiger partial charge < -0.3 is 10.4 Å². The molecular formula is C11H15N3O6S. The zero-order valence-electron chi connectivity index (χ0n) is 11.3. The Balaban J connectivity index is 2.86. The van der Waals surface area contributed by atoms with Gasteiger partial charge in [0.05, 0.1) is 9.82 Å². The van der Waals surface area contributed by atoms with Crippen molar-refractivity contribution in [3.05, 3.63) is 34.4 Å². The van der Waals surface area contributed by atoms with Crippen LogP contribution in [0.25, 0.3) is 0 Å². The molecule has 1 rings (SSSR count). The first-order valence-corrected chi connectivity index (χ1v) is 7.38. The molecule has 0 fully saturated rings. The van der Waals surface area contributed by atoms with Crippen LogP contribution in [0.3, 0.4) is 0 Å². The molecule has 0 unspecified atom stereocenters. The molecule has 0 aliphatic carbocycles. The number of nitrogens with one attached hydrogen (secondary N) is 2. The Labute approximate surface area is 121 Å². The number of nitro benzene ring substituents is 1. The van der Waals surface area contributed by atoms with Gasteiger partial charge >= 0.3 is 6.09 Å². The third kappa shape index (κ3) is 4.68. The normalized spacial score (nSPS) is 14.2. The van der Waals surface area contributed by atoms with Gasteiger partial charge in [-0.15, -0.1) is 0 Å². The molecule has 1 aromatic rings. The van der Waals surface area contributed by atoms with Crippen LogP contribution in [0.1, 0.15) is 13.8 Å². The predicted octanol–water partition coefficient (Wildman–Crippen LogP) is 0.918. The number of non-ortho nitro benzene ring substituents is 1. The van der Waals surface area contributed by atoms with E-state index >= 15 is 0 Å².